The molecule has 0 aliphatic carbocycles. The van der Waals surface area contributed by atoms with Crippen molar-refractivity contribution >= 4 is 44.9 Å². The molecule has 1 atom stereocenters. The number of para-hydroxylation sites is 2. The summed E-state index contributed by atoms with van der Waals surface area (Å²) < 4.78 is 2.13. The molecule has 0 spiro atoms. The SMILES string of the molecule is C[C@H](Sc1nc2ccccc2s1)C(=O)N1CCCc2ccccc21. The van der Waals surface area contributed by atoms with Crippen LogP contribution in [0.1, 0.15) is 18.9 Å². The fraction of sp³-hybridized carbons (Fsp3) is 0.263. The maximum atomic E-state index is 13.0. The summed E-state index contributed by atoms with van der Waals surface area (Å²) in [5.74, 6) is 0.173. The van der Waals surface area contributed by atoms with E-state index >= 15 is 0 Å². The number of nitrogens with zero attached hydrogens (tertiary/aromatic N) is 2. The Hall–Kier alpha value is -1.85. The molecule has 0 fully saturated rings. The molecule has 1 aliphatic heterocycles. The molecule has 3 nitrogen and oxygen atoms in total. The number of rotatable bonds is 3. The van der Waals surface area contributed by atoms with Gasteiger partial charge < -0.3 is 4.90 Å². The number of thioether (sulfide) groups is 1. The summed E-state index contributed by atoms with van der Waals surface area (Å²) in [6, 6.07) is 16.3. The Morgan fingerprint density at radius 1 is 1.21 bits per heavy atom. The van der Waals surface area contributed by atoms with Crippen molar-refractivity contribution < 1.29 is 4.79 Å². The van der Waals surface area contributed by atoms with E-state index in [1.54, 1.807) is 23.1 Å². The van der Waals surface area contributed by atoms with E-state index in [0.717, 1.165) is 34.9 Å². The van der Waals surface area contributed by atoms with Gasteiger partial charge in [0.2, 0.25) is 5.91 Å². The maximum absolute atomic E-state index is 13.0. The second-order valence-corrected chi connectivity index (χ2v) is 8.55. The van der Waals surface area contributed by atoms with Crippen LogP contribution in [0.25, 0.3) is 10.2 Å². The van der Waals surface area contributed by atoms with Crippen LogP contribution in [0.4, 0.5) is 5.69 Å². The van der Waals surface area contributed by atoms with Gasteiger partial charge in [0.05, 0.1) is 15.5 Å². The predicted octanol–water partition coefficient (Wildman–Crippen LogP) is 4.76. The Labute approximate surface area is 149 Å². The monoisotopic (exact) mass is 354 g/mol. The second kappa shape index (κ2) is 6.57. The molecule has 24 heavy (non-hydrogen) atoms. The molecule has 1 amide bonds. The lowest BCUT2D eigenvalue weighted by atomic mass is 10.0. The third kappa shape index (κ3) is 2.94. The van der Waals surface area contributed by atoms with Crippen LogP contribution in [-0.4, -0.2) is 22.7 Å². The summed E-state index contributed by atoms with van der Waals surface area (Å²) in [4.78, 5) is 19.5. The molecule has 3 aromatic rings. The molecular formula is C19H18N2OS2. The van der Waals surface area contributed by atoms with Crippen molar-refractivity contribution in [1.82, 2.24) is 4.98 Å². The van der Waals surface area contributed by atoms with Gasteiger partial charge in [-0.3, -0.25) is 4.79 Å². The Morgan fingerprint density at radius 2 is 2.00 bits per heavy atom. The summed E-state index contributed by atoms with van der Waals surface area (Å²) in [7, 11) is 0. The summed E-state index contributed by atoms with van der Waals surface area (Å²) in [5.41, 5.74) is 3.35. The standard InChI is InChI=1S/C19H18N2OS2/c1-13(23-19-20-15-9-3-5-11-17(15)24-19)18(22)21-12-6-8-14-7-2-4-10-16(14)21/h2-5,7,9-11,13H,6,8,12H2,1H3/t13-/m0/s1. The van der Waals surface area contributed by atoms with Gasteiger partial charge >= 0.3 is 0 Å². The zero-order valence-corrected chi connectivity index (χ0v) is 15.1. The molecule has 2 heterocycles. The number of benzene rings is 2. The zero-order valence-electron chi connectivity index (χ0n) is 13.4. The number of anilines is 1. The first-order chi connectivity index (χ1) is 11.7. The van der Waals surface area contributed by atoms with Crippen molar-refractivity contribution in [3.8, 4) is 0 Å². The first kappa shape index (κ1) is 15.7. The molecule has 0 N–H and O–H groups in total. The second-order valence-electron chi connectivity index (χ2n) is 5.93. The first-order valence-electron chi connectivity index (χ1n) is 8.14. The zero-order chi connectivity index (χ0) is 16.5. The maximum Gasteiger partial charge on any atom is 0.240 e. The average Bonchev–Trinajstić information content (AvgIpc) is 3.02. The molecule has 0 radical (unpaired) electrons. The van der Waals surface area contributed by atoms with Gasteiger partial charge in [-0.05, 0) is 43.5 Å². The highest BCUT2D eigenvalue weighted by molar-refractivity contribution is 8.02. The van der Waals surface area contributed by atoms with E-state index in [1.807, 2.05) is 42.2 Å². The number of thiazole rings is 1. The van der Waals surface area contributed by atoms with Crippen LogP contribution in [0.15, 0.2) is 52.9 Å². The fourth-order valence-corrected chi connectivity index (χ4v) is 5.36. The van der Waals surface area contributed by atoms with Crippen molar-refractivity contribution in [2.24, 2.45) is 0 Å². The van der Waals surface area contributed by atoms with Crippen LogP contribution < -0.4 is 4.90 Å². The van der Waals surface area contributed by atoms with Crippen LogP contribution in [0.3, 0.4) is 0 Å². The van der Waals surface area contributed by atoms with Crippen molar-refractivity contribution in [3.63, 3.8) is 0 Å². The van der Waals surface area contributed by atoms with Crippen molar-refractivity contribution in [1.29, 1.82) is 0 Å². The third-order valence-electron chi connectivity index (χ3n) is 4.28. The molecule has 0 unspecified atom stereocenters. The quantitative estimate of drug-likeness (QED) is 0.636. The normalized spacial score (nSPS) is 15.3. The number of aromatic nitrogens is 1. The highest BCUT2D eigenvalue weighted by atomic mass is 32.2. The molecule has 122 valence electrons. The van der Waals surface area contributed by atoms with Crippen LogP contribution in [0.2, 0.25) is 0 Å². The molecular weight excluding hydrogens is 336 g/mol. The molecule has 4 rings (SSSR count). The van der Waals surface area contributed by atoms with Crippen LogP contribution in [0.5, 0.6) is 0 Å². The van der Waals surface area contributed by atoms with Crippen molar-refractivity contribution in [3.05, 3.63) is 54.1 Å². The molecule has 0 saturated heterocycles. The summed E-state index contributed by atoms with van der Waals surface area (Å²) in [6.45, 7) is 2.79. The lowest BCUT2D eigenvalue weighted by Crippen LogP contribution is -2.40. The topological polar surface area (TPSA) is 33.2 Å². The van der Waals surface area contributed by atoms with E-state index < -0.39 is 0 Å². The van der Waals surface area contributed by atoms with Crippen LogP contribution >= 0.6 is 23.1 Å². The lowest BCUT2D eigenvalue weighted by molar-refractivity contribution is -0.117. The first-order valence-corrected chi connectivity index (χ1v) is 9.83. The minimum absolute atomic E-state index is 0.142. The van der Waals surface area contributed by atoms with E-state index in [0.29, 0.717) is 0 Å². The van der Waals surface area contributed by atoms with E-state index in [4.69, 9.17) is 0 Å². The number of fused-ring (bicyclic) bond motifs is 2. The number of amides is 1. The van der Waals surface area contributed by atoms with E-state index in [-0.39, 0.29) is 11.2 Å². The Balaban J connectivity index is 1.54. The Morgan fingerprint density at radius 3 is 2.88 bits per heavy atom. The summed E-state index contributed by atoms with van der Waals surface area (Å²) in [6.07, 6.45) is 2.08. The highest BCUT2D eigenvalue weighted by Crippen LogP contribution is 2.34. The molecule has 2 aromatic carbocycles. The van der Waals surface area contributed by atoms with Crippen LogP contribution in [0, 0.1) is 0 Å². The van der Waals surface area contributed by atoms with E-state index in [2.05, 4.69) is 23.2 Å². The average molecular weight is 355 g/mol. The Kier molecular flexibility index (Phi) is 4.29. The van der Waals surface area contributed by atoms with Gasteiger partial charge in [0.25, 0.3) is 0 Å². The minimum atomic E-state index is -0.142. The summed E-state index contributed by atoms with van der Waals surface area (Å²) >= 11 is 3.22. The van der Waals surface area contributed by atoms with E-state index in [1.165, 1.54) is 10.3 Å². The molecule has 0 bridgehead atoms. The summed E-state index contributed by atoms with van der Waals surface area (Å²) in [5, 5.41) is -0.142. The third-order valence-corrected chi connectivity index (χ3v) is 6.49. The van der Waals surface area contributed by atoms with Gasteiger partial charge in [-0.15, -0.1) is 11.3 Å². The number of aryl methyl sites for hydroxylation is 1. The molecule has 1 aliphatic rings. The number of carbonyl (C=O) groups excluding carboxylic acids is 1. The molecule has 0 saturated carbocycles. The number of hydrogen-bond acceptors (Lipinski definition) is 4. The van der Waals surface area contributed by atoms with Crippen LogP contribution in [-0.2, 0) is 11.2 Å². The van der Waals surface area contributed by atoms with Gasteiger partial charge in [-0.25, -0.2) is 4.98 Å². The van der Waals surface area contributed by atoms with Gasteiger partial charge in [-0.1, -0.05) is 42.1 Å². The van der Waals surface area contributed by atoms with E-state index in [9.17, 15) is 4.79 Å². The largest absolute Gasteiger partial charge is 0.311 e. The van der Waals surface area contributed by atoms with Gasteiger partial charge in [0.15, 0.2) is 4.34 Å². The fourth-order valence-electron chi connectivity index (χ4n) is 3.09. The van der Waals surface area contributed by atoms with Gasteiger partial charge in [-0.2, -0.15) is 0 Å². The number of hydrogen-bond donors (Lipinski definition) is 0. The van der Waals surface area contributed by atoms with Gasteiger partial charge in [0.1, 0.15) is 0 Å². The van der Waals surface area contributed by atoms with Crippen molar-refractivity contribution in [2.45, 2.75) is 29.4 Å². The molecule has 1 aromatic heterocycles. The van der Waals surface area contributed by atoms with Gasteiger partial charge in [0, 0.05) is 12.2 Å². The minimum Gasteiger partial charge on any atom is -0.311 e. The molecule has 5 heteroatoms. The van der Waals surface area contributed by atoms with Crippen molar-refractivity contribution in [2.75, 3.05) is 11.4 Å². The Bertz CT molecular complexity index is 857. The predicted molar refractivity (Wildman–Crippen MR) is 102 cm³/mol. The highest BCUT2D eigenvalue weighted by Gasteiger charge is 2.27. The number of carbonyl (C=O) groups is 1. The smallest absolute Gasteiger partial charge is 0.240 e. The lowest BCUT2D eigenvalue weighted by Gasteiger charge is -2.31.